The van der Waals surface area contributed by atoms with Crippen molar-refractivity contribution in [2.45, 2.75) is 6.92 Å². The van der Waals surface area contributed by atoms with Gasteiger partial charge < -0.3 is 0 Å². The van der Waals surface area contributed by atoms with E-state index in [1.807, 2.05) is 23.8 Å². The van der Waals surface area contributed by atoms with E-state index in [0.717, 1.165) is 14.9 Å². The average Bonchev–Trinajstić information content (AvgIpc) is 2.51. The number of imidazole rings is 1. The third kappa shape index (κ3) is 1.43. The smallest absolute Gasteiger partial charge is 0.168 e. The largest absolute Gasteiger partial charge is 0.290 e. The maximum absolute atomic E-state index is 4.22. The highest BCUT2D eigenvalue weighted by Gasteiger charge is 2.04. The second-order valence-corrected chi connectivity index (χ2v) is 3.49. The molecule has 0 fully saturated rings. The fraction of sp³-hybridized carbons (Fsp3) is 0.125. The molecule has 0 aliphatic heterocycles. The van der Waals surface area contributed by atoms with Gasteiger partial charge in [0.15, 0.2) is 5.65 Å². The second kappa shape index (κ2) is 3.41. The van der Waals surface area contributed by atoms with Gasteiger partial charge in [-0.2, -0.15) is 0 Å². The van der Waals surface area contributed by atoms with Crippen molar-refractivity contribution in [2.75, 3.05) is 0 Å². The van der Waals surface area contributed by atoms with Gasteiger partial charge in [0.05, 0.1) is 0 Å². The third-order valence-corrected chi connectivity index (χ3v) is 2.41. The van der Waals surface area contributed by atoms with Crippen LogP contribution in [0, 0.1) is 3.70 Å². The molecule has 0 unspecified atom stereocenters. The first kappa shape index (κ1) is 8.61. The van der Waals surface area contributed by atoms with Gasteiger partial charge >= 0.3 is 0 Å². The molecule has 0 saturated heterocycles. The monoisotopic (exact) mass is 286 g/mol. The van der Waals surface area contributed by atoms with E-state index >= 15 is 0 Å². The minimum atomic E-state index is 0.845. The Hall–Kier alpha value is -0.980. The Balaban J connectivity index is 2.75. The Bertz CT molecular complexity index is 460. The number of hydrogen-bond donors (Lipinski definition) is 0. The van der Waals surface area contributed by atoms with Crippen molar-refractivity contribution < 1.29 is 0 Å². The lowest BCUT2D eigenvalue weighted by molar-refractivity contribution is 1.11. The van der Waals surface area contributed by atoms with E-state index in [9.17, 15) is 0 Å². The van der Waals surface area contributed by atoms with E-state index in [1.165, 1.54) is 0 Å². The van der Waals surface area contributed by atoms with Crippen molar-refractivity contribution >= 4 is 40.0 Å². The summed E-state index contributed by atoms with van der Waals surface area (Å²) >= 11 is 2.15. The molecule has 13 heavy (non-hydrogen) atoms. The van der Waals surface area contributed by atoms with Gasteiger partial charge in [-0.25, -0.2) is 15.0 Å². The highest BCUT2D eigenvalue weighted by molar-refractivity contribution is 14.1. The summed E-state index contributed by atoms with van der Waals surface area (Å²) in [5.74, 6) is 0. The predicted octanol–water partition coefficient (Wildman–Crippen LogP) is 1.92. The zero-order valence-corrected chi connectivity index (χ0v) is 9.13. The van der Waals surface area contributed by atoms with Gasteiger partial charge in [0.2, 0.25) is 0 Å². The predicted molar refractivity (Wildman–Crippen MR) is 59.0 cm³/mol. The minimum absolute atomic E-state index is 0.845. The van der Waals surface area contributed by atoms with Gasteiger partial charge in [0.1, 0.15) is 21.9 Å². The number of nitrogens with zero attached hydrogens (tertiary/aromatic N) is 4. The van der Waals surface area contributed by atoms with Crippen LogP contribution in [0.4, 0.5) is 0 Å². The van der Waals surface area contributed by atoms with Crippen molar-refractivity contribution in [3.8, 4) is 0 Å². The van der Waals surface area contributed by atoms with E-state index in [1.54, 1.807) is 12.7 Å². The molecule has 0 spiro atoms. The standard InChI is InChI=1S/C8H7IN4/c1-2-3-13-5-12-6-7(9)10-4-11-8(6)13/h2-5H,1H3/b3-2+. The number of allylic oxidation sites excluding steroid dienone is 1. The van der Waals surface area contributed by atoms with Crippen LogP contribution in [0.5, 0.6) is 0 Å². The Morgan fingerprint density at radius 1 is 1.38 bits per heavy atom. The van der Waals surface area contributed by atoms with Crippen LogP contribution < -0.4 is 0 Å². The van der Waals surface area contributed by atoms with Crippen LogP contribution in [0.1, 0.15) is 6.92 Å². The lowest BCUT2D eigenvalue weighted by Gasteiger charge is -1.93. The lowest BCUT2D eigenvalue weighted by Crippen LogP contribution is -1.89. The number of hydrogen-bond acceptors (Lipinski definition) is 3. The highest BCUT2D eigenvalue weighted by Crippen LogP contribution is 2.14. The van der Waals surface area contributed by atoms with Crippen LogP contribution in [0.25, 0.3) is 17.4 Å². The van der Waals surface area contributed by atoms with Gasteiger partial charge in [-0.15, -0.1) is 0 Å². The van der Waals surface area contributed by atoms with Gasteiger partial charge in [0.25, 0.3) is 0 Å². The molecular formula is C8H7IN4. The summed E-state index contributed by atoms with van der Waals surface area (Å²) in [6, 6.07) is 0. The van der Waals surface area contributed by atoms with Crippen LogP contribution in [0.15, 0.2) is 18.7 Å². The van der Waals surface area contributed by atoms with E-state index < -0.39 is 0 Å². The molecule has 4 nitrogen and oxygen atoms in total. The van der Waals surface area contributed by atoms with Crippen LogP contribution in [0.2, 0.25) is 0 Å². The maximum atomic E-state index is 4.22. The molecule has 5 heteroatoms. The topological polar surface area (TPSA) is 43.6 Å². The quantitative estimate of drug-likeness (QED) is 0.594. The number of rotatable bonds is 1. The van der Waals surface area contributed by atoms with Crippen molar-refractivity contribution in [1.82, 2.24) is 19.5 Å². The molecule has 0 saturated carbocycles. The summed E-state index contributed by atoms with van der Waals surface area (Å²) in [5, 5.41) is 0. The summed E-state index contributed by atoms with van der Waals surface area (Å²) in [6.45, 7) is 1.96. The number of halogens is 1. The molecular weight excluding hydrogens is 279 g/mol. The first-order valence-corrected chi connectivity index (χ1v) is 4.86. The molecule has 2 heterocycles. The van der Waals surface area contributed by atoms with Gasteiger partial charge in [-0.1, -0.05) is 6.08 Å². The van der Waals surface area contributed by atoms with Crippen LogP contribution >= 0.6 is 22.6 Å². The highest BCUT2D eigenvalue weighted by atomic mass is 127. The summed E-state index contributed by atoms with van der Waals surface area (Å²) in [4.78, 5) is 12.4. The first-order chi connectivity index (χ1) is 6.33. The average molecular weight is 286 g/mol. The molecule has 2 rings (SSSR count). The Labute approximate surface area is 88.9 Å². The SMILES string of the molecule is C/C=C/n1cnc2c(I)ncnc21. The molecule has 0 bridgehead atoms. The molecule has 0 N–H and O–H groups in total. The molecule has 0 amide bonds. The molecule has 2 aromatic heterocycles. The first-order valence-electron chi connectivity index (χ1n) is 3.79. The minimum Gasteiger partial charge on any atom is -0.290 e. The van der Waals surface area contributed by atoms with Crippen molar-refractivity contribution in [2.24, 2.45) is 0 Å². The lowest BCUT2D eigenvalue weighted by atomic mass is 10.5. The van der Waals surface area contributed by atoms with E-state index in [4.69, 9.17) is 0 Å². The van der Waals surface area contributed by atoms with Crippen LogP contribution in [0.3, 0.4) is 0 Å². The van der Waals surface area contributed by atoms with E-state index in [0.29, 0.717) is 0 Å². The normalized spacial score (nSPS) is 11.5. The van der Waals surface area contributed by atoms with Crippen LogP contribution in [-0.2, 0) is 0 Å². The van der Waals surface area contributed by atoms with Gasteiger partial charge in [0, 0.05) is 6.20 Å². The van der Waals surface area contributed by atoms with E-state index in [2.05, 4.69) is 37.5 Å². The summed E-state index contributed by atoms with van der Waals surface area (Å²) in [5.41, 5.74) is 1.69. The summed E-state index contributed by atoms with van der Waals surface area (Å²) in [7, 11) is 0. The van der Waals surface area contributed by atoms with E-state index in [-0.39, 0.29) is 0 Å². The Morgan fingerprint density at radius 3 is 3.00 bits per heavy atom. The molecule has 0 aliphatic carbocycles. The number of aromatic nitrogens is 4. The van der Waals surface area contributed by atoms with Crippen LogP contribution in [-0.4, -0.2) is 19.5 Å². The molecule has 0 aromatic carbocycles. The van der Waals surface area contributed by atoms with Crippen molar-refractivity contribution in [1.29, 1.82) is 0 Å². The van der Waals surface area contributed by atoms with Gasteiger partial charge in [-0.05, 0) is 29.5 Å². The van der Waals surface area contributed by atoms with Crippen molar-refractivity contribution in [3.05, 3.63) is 22.4 Å². The third-order valence-electron chi connectivity index (χ3n) is 1.62. The number of fused-ring (bicyclic) bond motifs is 1. The maximum Gasteiger partial charge on any atom is 0.168 e. The fourth-order valence-electron chi connectivity index (χ4n) is 1.09. The molecule has 0 radical (unpaired) electrons. The fourth-order valence-corrected chi connectivity index (χ4v) is 1.60. The van der Waals surface area contributed by atoms with Gasteiger partial charge in [-0.3, -0.25) is 4.57 Å². The second-order valence-electron chi connectivity index (χ2n) is 2.47. The zero-order chi connectivity index (χ0) is 9.26. The molecule has 0 atom stereocenters. The molecule has 0 aliphatic rings. The Kier molecular flexibility index (Phi) is 2.26. The zero-order valence-electron chi connectivity index (χ0n) is 6.98. The summed E-state index contributed by atoms with van der Waals surface area (Å²) < 4.78 is 2.75. The molecule has 2 aromatic rings. The van der Waals surface area contributed by atoms with Crippen molar-refractivity contribution in [3.63, 3.8) is 0 Å². The summed E-state index contributed by atoms with van der Waals surface area (Å²) in [6.07, 6.45) is 7.14. The molecule has 66 valence electrons. The Morgan fingerprint density at radius 2 is 2.23 bits per heavy atom.